The van der Waals surface area contributed by atoms with E-state index >= 15 is 0 Å². The van der Waals surface area contributed by atoms with Gasteiger partial charge in [-0.25, -0.2) is 0 Å². The zero-order valence-electron chi connectivity index (χ0n) is 11.8. The molecule has 0 bridgehead atoms. The maximum Gasteiger partial charge on any atom is 0.238 e. The van der Waals surface area contributed by atoms with Gasteiger partial charge in [0.2, 0.25) is 5.91 Å². The van der Waals surface area contributed by atoms with Gasteiger partial charge in [0, 0.05) is 25.7 Å². The Morgan fingerprint density at radius 2 is 2.00 bits per heavy atom. The molecule has 1 amide bonds. The lowest BCUT2D eigenvalue weighted by Gasteiger charge is -2.32. The van der Waals surface area contributed by atoms with Gasteiger partial charge in [0.15, 0.2) is 0 Å². The second kappa shape index (κ2) is 5.83. The number of piperazine rings is 1. The molecule has 1 rings (SSSR count). The minimum absolute atomic E-state index is 0.0887. The summed E-state index contributed by atoms with van der Waals surface area (Å²) in [5.74, 6) is 0.665. The highest BCUT2D eigenvalue weighted by Crippen LogP contribution is 2.24. The summed E-state index contributed by atoms with van der Waals surface area (Å²) >= 11 is 0. The van der Waals surface area contributed by atoms with Gasteiger partial charge < -0.3 is 16.0 Å². The van der Waals surface area contributed by atoms with Crippen LogP contribution in [0.15, 0.2) is 0 Å². The zero-order chi connectivity index (χ0) is 13.1. The second-order valence-corrected chi connectivity index (χ2v) is 6.13. The molecule has 4 nitrogen and oxygen atoms in total. The molecule has 3 N–H and O–H groups in total. The second-order valence-electron chi connectivity index (χ2n) is 6.13. The summed E-state index contributed by atoms with van der Waals surface area (Å²) in [6, 6.07) is 0.361. The van der Waals surface area contributed by atoms with Crippen LogP contribution in [-0.4, -0.2) is 37.6 Å². The van der Waals surface area contributed by atoms with Crippen molar-refractivity contribution >= 4 is 5.91 Å². The van der Waals surface area contributed by atoms with Crippen LogP contribution in [-0.2, 0) is 4.79 Å². The quantitative estimate of drug-likeness (QED) is 0.680. The van der Waals surface area contributed by atoms with E-state index in [1.54, 1.807) is 0 Å². The van der Waals surface area contributed by atoms with Crippen LogP contribution in [0.1, 0.15) is 34.6 Å². The third-order valence-corrected chi connectivity index (χ3v) is 3.94. The van der Waals surface area contributed by atoms with Gasteiger partial charge in [-0.05, 0) is 18.3 Å². The van der Waals surface area contributed by atoms with E-state index in [1.807, 2.05) is 0 Å². The summed E-state index contributed by atoms with van der Waals surface area (Å²) in [7, 11) is 0. The van der Waals surface area contributed by atoms with Crippen molar-refractivity contribution in [2.24, 2.45) is 11.3 Å². The Hall–Kier alpha value is -0.610. The van der Waals surface area contributed by atoms with Crippen molar-refractivity contribution in [1.29, 1.82) is 0 Å². The van der Waals surface area contributed by atoms with Crippen molar-refractivity contribution in [1.82, 2.24) is 16.0 Å². The summed E-state index contributed by atoms with van der Waals surface area (Å²) in [4.78, 5) is 12.0. The van der Waals surface area contributed by atoms with Gasteiger partial charge in [-0.15, -0.1) is 0 Å². The summed E-state index contributed by atoms with van der Waals surface area (Å²) < 4.78 is 0. The summed E-state index contributed by atoms with van der Waals surface area (Å²) in [5.41, 5.74) is 0.144. The normalized spacial score (nSPS) is 26.0. The average molecular weight is 241 g/mol. The molecule has 0 aromatic rings. The first-order valence-corrected chi connectivity index (χ1v) is 6.57. The van der Waals surface area contributed by atoms with Crippen molar-refractivity contribution < 1.29 is 4.79 Å². The molecule has 17 heavy (non-hydrogen) atoms. The molecule has 0 saturated carbocycles. The Bertz CT molecular complexity index is 255. The fourth-order valence-corrected chi connectivity index (χ4v) is 1.61. The van der Waals surface area contributed by atoms with Gasteiger partial charge in [0.1, 0.15) is 0 Å². The molecule has 2 atom stereocenters. The average Bonchev–Trinajstić information content (AvgIpc) is 2.27. The molecule has 1 fully saturated rings. The number of carbonyl (C=O) groups is 1. The number of hydrogen-bond acceptors (Lipinski definition) is 3. The Morgan fingerprint density at radius 1 is 1.35 bits per heavy atom. The Labute approximate surface area is 105 Å². The van der Waals surface area contributed by atoms with Gasteiger partial charge in [0.05, 0.1) is 6.04 Å². The predicted molar refractivity (Wildman–Crippen MR) is 70.9 cm³/mol. The lowest BCUT2D eigenvalue weighted by atomic mass is 9.81. The van der Waals surface area contributed by atoms with E-state index in [0.717, 1.165) is 19.6 Å². The summed E-state index contributed by atoms with van der Waals surface area (Å²) in [6.07, 6.45) is 0. The molecule has 4 heteroatoms. The number of amides is 1. The Morgan fingerprint density at radius 3 is 2.47 bits per heavy atom. The molecular weight excluding hydrogens is 214 g/mol. The first kappa shape index (κ1) is 14.5. The van der Waals surface area contributed by atoms with Crippen LogP contribution in [0.4, 0.5) is 0 Å². The van der Waals surface area contributed by atoms with E-state index < -0.39 is 0 Å². The highest BCUT2D eigenvalue weighted by atomic mass is 16.2. The first-order chi connectivity index (χ1) is 7.83. The third-order valence-electron chi connectivity index (χ3n) is 3.94. The molecule has 0 aromatic heterocycles. The zero-order valence-corrected chi connectivity index (χ0v) is 11.8. The van der Waals surface area contributed by atoms with Crippen molar-refractivity contribution in [3.8, 4) is 0 Å². The van der Waals surface area contributed by atoms with Crippen LogP contribution < -0.4 is 16.0 Å². The van der Waals surface area contributed by atoms with Gasteiger partial charge in [-0.3, -0.25) is 4.79 Å². The third kappa shape index (κ3) is 4.28. The number of carbonyl (C=O) groups excluding carboxylic acids is 1. The minimum atomic E-state index is -0.0887. The molecular formula is C13H27N3O. The lowest BCUT2D eigenvalue weighted by Crippen LogP contribution is -2.59. The smallest absolute Gasteiger partial charge is 0.238 e. The molecule has 1 heterocycles. The minimum Gasteiger partial charge on any atom is -0.354 e. The Balaban J connectivity index is 2.35. The van der Waals surface area contributed by atoms with Gasteiger partial charge in [0.25, 0.3) is 0 Å². The lowest BCUT2D eigenvalue weighted by molar-refractivity contribution is -0.124. The monoisotopic (exact) mass is 241 g/mol. The molecule has 1 aliphatic rings. The summed E-state index contributed by atoms with van der Waals surface area (Å²) in [6.45, 7) is 13.2. The van der Waals surface area contributed by atoms with Crippen LogP contribution in [0.5, 0.6) is 0 Å². The fourth-order valence-electron chi connectivity index (χ4n) is 1.61. The maximum absolute atomic E-state index is 12.0. The van der Waals surface area contributed by atoms with E-state index in [0.29, 0.717) is 12.0 Å². The van der Waals surface area contributed by atoms with Gasteiger partial charge in [-0.1, -0.05) is 27.7 Å². The van der Waals surface area contributed by atoms with E-state index in [-0.39, 0.29) is 17.4 Å². The number of hydrogen-bond donors (Lipinski definition) is 3. The summed E-state index contributed by atoms with van der Waals surface area (Å²) in [5, 5.41) is 9.62. The van der Waals surface area contributed by atoms with Gasteiger partial charge >= 0.3 is 0 Å². The molecule has 100 valence electrons. The molecule has 2 unspecified atom stereocenters. The van der Waals surface area contributed by atoms with Crippen molar-refractivity contribution in [3.63, 3.8) is 0 Å². The maximum atomic E-state index is 12.0. The molecule has 0 radical (unpaired) electrons. The van der Waals surface area contributed by atoms with Crippen LogP contribution in [0.3, 0.4) is 0 Å². The standard InChI is InChI=1S/C13H27N3O/c1-9(2)13(4,5)8-16-12(17)11-7-14-10(3)6-15-11/h9-11,14-15H,6-8H2,1-5H3,(H,16,17). The topological polar surface area (TPSA) is 53.2 Å². The first-order valence-electron chi connectivity index (χ1n) is 6.57. The van der Waals surface area contributed by atoms with Crippen LogP contribution >= 0.6 is 0 Å². The molecule has 0 aliphatic carbocycles. The van der Waals surface area contributed by atoms with Crippen LogP contribution in [0.25, 0.3) is 0 Å². The van der Waals surface area contributed by atoms with Crippen molar-refractivity contribution in [2.45, 2.75) is 46.7 Å². The van der Waals surface area contributed by atoms with Crippen LogP contribution in [0.2, 0.25) is 0 Å². The van der Waals surface area contributed by atoms with E-state index in [2.05, 4.69) is 50.6 Å². The molecule has 0 aromatic carbocycles. The predicted octanol–water partition coefficient (Wildman–Crippen LogP) is 0.735. The largest absolute Gasteiger partial charge is 0.354 e. The van der Waals surface area contributed by atoms with Gasteiger partial charge in [-0.2, -0.15) is 0 Å². The molecule has 1 aliphatic heterocycles. The molecule has 1 saturated heterocycles. The highest BCUT2D eigenvalue weighted by molar-refractivity contribution is 5.82. The number of rotatable bonds is 4. The van der Waals surface area contributed by atoms with Crippen LogP contribution in [0, 0.1) is 11.3 Å². The van der Waals surface area contributed by atoms with E-state index in [1.165, 1.54) is 0 Å². The van der Waals surface area contributed by atoms with E-state index in [4.69, 9.17) is 0 Å². The van der Waals surface area contributed by atoms with Crippen molar-refractivity contribution in [2.75, 3.05) is 19.6 Å². The Kier molecular flexibility index (Phi) is 4.95. The molecule has 0 spiro atoms. The van der Waals surface area contributed by atoms with Crippen molar-refractivity contribution in [3.05, 3.63) is 0 Å². The van der Waals surface area contributed by atoms with E-state index in [9.17, 15) is 4.79 Å². The number of nitrogens with one attached hydrogen (secondary N) is 3. The SMILES string of the molecule is CC1CNC(C(=O)NCC(C)(C)C(C)C)CN1. The fraction of sp³-hybridized carbons (Fsp3) is 0.923. The highest BCUT2D eigenvalue weighted by Gasteiger charge is 2.27.